The van der Waals surface area contributed by atoms with E-state index in [1.807, 2.05) is 6.92 Å². The van der Waals surface area contributed by atoms with E-state index in [0.29, 0.717) is 29.2 Å². The van der Waals surface area contributed by atoms with Crippen LogP contribution in [0.4, 0.5) is 0 Å². The molecular formula is C23H28N2O5. The van der Waals surface area contributed by atoms with Crippen molar-refractivity contribution in [3.8, 4) is 11.5 Å². The van der Waals surface area contributed by atoms with Crippen molar-refractivity contribution in [1.82, 2.24) is 10.6 Å². The highest BCUT2D eigenvalue weighted by molar-refractivity contribution is 6.15. The minimum atomic E-state index is -1.30. The van der Waals surface area contributed by atoms with Crippen LogP contribution in [-0.4, -0.2) is 44.4 Å². The van der Waals surface area contributed by atoms with Crippen molar-refractivity contribution in [2.75, 3.05) is 20.8 Å². The summed E-state index contributed by atoms with van der Waals surface area (Å²) >= 11 is 0. The van der Waals surface area contributed by atoms with Crippen LogP contribution in [0.15, 0.2) is 48.5 Å². The molecule has 0 saturated carbocycles. The summed E-state index contributed by atoms with van der Waals surface area (Å²) < 4.78 is 10.4. The molecule has 0 fully saturated rings. The fraction of sp³-hybridized carbons (Fsp3) is 0.348. The summed E-state index contributed by atoms with van der Waals surface area (Å²) in [4.78, 5) is 38.2. The van der Waals surface area contributed by atoms with Crippen molar-refractivity contribution >= 4 is 17.6 Å². The van der Waals surface area contributed by atoms with E-state index in [9.17, 15) is 14.4 Å². The first-order valence-electron chi connectivity index (χ1n) is 9.86. The van der Waals surface area contributed by atoms with E-state index in [1.54, 1.807) is 48.5 Å². The monoisotopic (exact) mass is 412 g/mol. The second-order valence-corrected chi connectivity index (χ2v) is 6.77. The number of ether oxygens (including phenoxy) is 2. The summed E-state index contributed by atoms with van der Waals surface area (Å²) in [6.45, 7) is 2.44. The molecule has 0 radical (unpaired) electrons. The van der Waals surface area contributed by atoms with Gasteiger partial charge in [0.25, 0.3) is 5.91 Å². The Morgan fingerprint density at radius 2 is 1.60 bits per heavy atom. The van der Waals surface area contributed by atoms with Crippen LogP contribution in [0.5, 0.6) is 11.5 Å². The predicted molar refractivity (Wildman–Crippen MR) is 114 cm³/mol. The average molecular weight is 412 g/mol. The van der Waals surface area contributed by atoms with Crippen molar-refractivity contribution in [3.05, 3.63) is 59.7 Å². The van der Waals surface area contributed by atoms with Gasteiger partial charge in [-0.1, -0.05) is 43.7 Å². The van der Waals surface area contributed by atoms with Crippen LogP contribution in [0, 0.1) is 0 Å². The van der Waals surface area contributed by atoms with Gasteiger partial charge in [0.15, 0.2) is 11.8 Å². The number of hydrogen-bond acceptors (Lipinski definition) is 5. The van der Waals surface area contributed by atoms with Gasteiger partial charge in [-0.05, 0) is 24.1 Å². The zero-order valence-electron chi connectivity index (χ0n) is 17.6. The molecule has 2 amide bonds. The van der Waals surface area contributed by atoms with Gasteiger partial charge in [-0.25, -0.2) is 0 Å². The van der Waals surface area contributed by atoms with E-state index >= 15 is 0 Å². The number of Topliss-reactive ketones (excluding diaryl/α,β-unsaturated/α-hetero) is 1. The Morgan fingerprint density at radius 3 is 2.17 bits per heavy atom. The first-order valence-corrected chi connectivity index (χ1v) is 9.86. The smallest absolute Gasteiger partial charge is 0.250 e. The van der Waals surface area contributed by atoms with E-state index in [0.717, 1.165) is 12.8 Å². The molecule has 0 aromatic heterocycles. The first-order chi connectivity index (χ1) is 14.5. The van der Waals surface area contributed by atoms with E-state index in [4.69, 9.17) is 9.47 Å². The van der Waals surface area contributed by atoms with E-state index in [-0.39, 0.29) is 6.42 Å². The summed E-state index contributed by atoms with van der Waals surface area (Å²) in [6, 6.07) is 12.2. The van der Waals surface area contributed by atoms with Gasteiger partial charge in [-0.2, -0.15) is 0 Å². The van der Waals surface area contributed by atoms with Gasteiger partial charge < -0.3 is 20.1 Å². The fourth-order valence-corrected chi connectivity index (χ4v) is 2.88. The van der Waals surface area contributed by atoms with E-state index < -0.39 is 23.6 Å². The van der Waals surface area contributed by atoms with Gasteiger partial charge in [0.05, 0.1) is 20.6 Å². The standard InChI is InChI=1S/C23H28N2O5/c1-4-5-11-24-23(28)21(22(27)17-9-7-6-8-10-17)25-20(26)14-16-12-18(29-2)15-19(13-16)30-3/h6-10,12-13,15,21H,4-5,11,14H2,1-3H3,(H,24,28)(H,25,26). The zero-order chi connectivity index (χ0) is 21.9. The molecule has 7 nitrogen and oxygen atoms in total. The molecule has 0 aliphatic carbocycles. The normalized spacial score (nSPS) is 11.3. The van der Waals surface area contributed by atoms with Crippen molar-refractivity contribution < 1.29 is 23.9 Å². The summed E-state index contributed by atoms with van der Waals surface area (Å²) in [5, 5.41) is 5.31. The second-order valence-electron chi connectivity index (χ2n) is 6.77. The number of carbonyl (C=O) groups excluding carboxylic acids is 3. The van der Waals surface area contributed by atoms with Crippen LogP contribution in [-0.2, 0) is 16.0 Å². The third kappa shape index (κ3) is 6.62. The molecular weight excluding hydrogens is 384 g/mol. The number of amides is 2. The lowest BCUT2D eigenvalue weighted by atomic mass is 10.0. The molecule has 160 valence electrons. The van der Waals surface area contributed by atoms with Crippen molar-refractivity contribution in [1.29, 1.82) is 0 Å². The molecule has 0 spiro atoms. The Morgan fingerprint density at radius 1 is 0.967 bits per heavy atom. The molecule has 0 aliphatic heterocycles. The fourth-order valence-electron chi connectivity index (χ4n) is 2.88. The van der Waals surface area contributed by atoms with Crippen LogP contribution in [0.25, 0.3) is 0 Å². The lowest BCUT2D eigenvalue weighted by Gasteiger charge is -2.18. The third-order valence-electron chi connectivity index (χ3n) is 4.49. The Hall–Kier alpha value is -3.35. The molecule has 0 aliphatic rings. The van der Waals surface area contributed by atoms with E-state index in [2.05, 4.69) is 10.6 Å². The highest BCUT2D eigenvalue weighted by Gasteiger charge is 2.29. The van der Waals surface area contributed by atoms with E-state index in [1.165, 1.54) is 14.2 Å². The highest BCUT2D eigenvalue weighted by Crippen LogP contribution is 2.22. The largest absolute Gasteiger partial charge is 0.497 e. The maximum absolute atomic E-state index is 12.9. The van der Waals surface area contributed by atoms with Crippen LogP contribution in [0.2, 0.25) is 0 Å². The molecule has 30 heavy (non-hydrogen) atoms. The van der Waals surface area contributed by atoms with Gasteiger partial charge in [0.1, 0.15) is 11.5 Å². The molecule has 2 aromatic rings. The number of methoxy groups -OCH3 is 2. The summed E-state index contributed by atoms with van der Waals surface area (Å²) in [6.07, 6.45) is 1.66. The molecule has 0 heterocycles. The Kier molecular flexibility index (Phi) is 8.87. The Labute approximate surface area is 176 Å². The number of hydrogen-bond donors (Lipinski definition) is 2. The number of nitrogens with one attached hydrogen (secondary N) is 2. The minimum Gasteiger partial charge on any atom is -0.497 e. The quantitative estimate of drug-likeness (QED) is 0.336. The van der Waals surface area contributed by atoms with Crippen molar-refractivity contribution in [2.45, 2.75) is 32.2 Å². The topological polar surface area (TPSA) is 93.7 Å². The number of rotatable bonds is 11. The van der Waals surface area contributed by atoms with Gasteiger partial charge >= 0.3 is 0 Å². The number of carbonyl (C=O) groups is 3. The molecule has 1 unspecified atom stereocenters. The lowest BCUT2D eigenvalue weighted by molar-refractivity contribution is -0.127. The number of unbranched alkanes of at least 4 members (excludes halogenated alkanes) is 1. The van der Waals surface area contributed by atoms with Gasteiger partial charge in [0.2, 0.25) is 5.91 Å². The SMILES string of the molecule is CCCCNC(=O)C(NC(=O)Cc1cc(OC)cc(OC)c1)C(=O)c1ccccc1. The zero-order valence-corrected chi connectivity index (χ0v) is 17.6. The summed E-state index contributed by atoms with van der Waals surface area (Å²) in [5.41, 5.74) is 0.998. The maximum atomic E-state index is 12.9. The van der Waals surface area contributed by atoms with Gasteiger partial charge in [0, 0.05) is 18.2 Å². The van der Waals surface area contributed by atoms with Crippen LogP contribution < -0.4 is 20.1 Å². The van der Waals surface area contributed by atoms with Gasteiger partial charge in [-0.3, -0.25) is 14.4 Å². The molecule has 1 atom stereocenters. The van der Waals surface area contributed by atoms with Crippen LogP contribution >= 0.6 is 0 Å². The van der Waals surface area contributed by atoms with Crippen molar-refractivity contribution in [3.63, 3.8) is 0 Å². The summed E-state index contributed by atoms with van der Waals surface area (Å²) in [5.74, 6) is -0.335. The van der Waals surface area contributed by atoms with Crippen LogP contribution in [0.1, 0.15) is 35.7 Å². The molecule has 2 N–H and O–H groups in total. The van der Waals surface area contributed by atoms with Crippen molar-refractivity contribution in [2.24, 2.45) is 0 Å². The van der Waals surface area contributed by atoms with Crippen LogP contribution in [0.3, 0.4) is 0 Å². The number of ketones is 1. The Bertz CT molecular complexity index is 845. The predicted octanol–water partition coefficient (Wildman–Crippen LogP) is 2.53. The molecule has 7 heteroatoms. The van der Waals surface area contributed by atoms with Gasteiger partial charge in [-0.15, -0.1) is 0 Å². The summed E-state index contributed by atoms with van der Waals surface area (Å²) in [7, 11) is 3.04. The molecule has 0 bridgehead atoms. The molecule has 0 saturated heterocycles. The number of benzene rings is 2. The first kappa shape index (κ1) is 22.9. The average Bonchev–Trinajstić information content (AvgIpc) is 2.77. The highest BCUT2D eigenvalue weighted by atomic mass is 16.5. The maximum Gasteiger partial charge on any atom is 0.250 e. The minimum absolute atomic E-state index is 0.0334. The molecule has 2 aromatic carbocycles. The third-order valence-corrected chi connectivity index (χ3v) is 4.49. The molecule has 2 rings (SSSR count). The second kappa shape index (κ2) is 11.6. The Balaban J connectivity index is 2.17. The lowest BCUT2D eigenvalue weighted by Crippen LogP contribution is -2.52.